The first kappa shape index (κ1) is 11.7. The molecule has 0 fully saturated rings. The van der Waals surface area contributed by atoms with Gasteiger partial charge in [-0.1, -0.05) is 12.2 Å². The van der Waals surface area contributed by atoms with Crippen LogP contribution in [0.4, 0.5) is 0 Å². The Bertz CT molecular complexity index is 290. The first-order chi connectivity index (χ1) is 7.00. The molecule has 0 heterocycles. The third-order valence-corrected chi connectivity index (χ3v) is 2.25. The Kier molecular flexibility index (Phi) is 3.81. The molecule has 6 N–H and O–H groups in total. The molecule has 0 saturated carbocycles. The summed E-state index contributed by atoms with van der Waals surface area (Å²) in [5.41, 5.74) is 10.4. The fraction of sp³-hybridized carbons (Fsp3) is 0.556. The summed E-state index contributed by atoms with van der Waals surface area (Å²) < 4.78 is 0. The highest BCUT2D eigenvalue weighted by Crippen LogP contribution is 2.15. The Hall–Kier alpha value is -1.40. The van der Waals surface area contributed by atoms with Gasteiger partial charge in [0.15, 0.2) is 0 Å². The molecular weight excluding hydrogens is 198 g/mol. The van der Waals surface area contributed by atoms with Crippen LogP contribution in [0, 0.1) is 5.92 Å². The highest BCUT2D eigenvalue weighted by atomic mass is 16.3. The molecule has 1 rings (SSSR count). The van der Waals surface area contributed by atoms with Crippen molar-refractivity contribution in [1.82, 2.24) is 5.32 Å². The Balaban J connectivity index is 2.31. The number of primary amides is 1. The van der Waals surface area contributed by atoms with Crippen molar-refractivity contribution in [2.24, 2.45) is 17.4 Å². The smallest absolute Gasteiger partial charge is 0.248 e. The van der Waals surface area contributed by atoms with Gasteiger partial charge < -0.3 is 21.9 Å². The lowest BCUT2D eigenvalue weighted by molar-refractivity contribution is -0.127. The van der Waals surface area contributed by atoms with E-state index in [1.807, 2.05) is 0 Å². The second-order valence-corrected chi connectivity index (χ2v) is 3.55. The van der Waals surface area contributed by atoms with E-state index >= 15 is 0 Å². The summed E-state index contributed by atoms with van der Waals surface area (Å²) in [5, 5.41) is 11.5. The summed E-state index contributed by atoms with van der Waals surface area (Å²) in [6.45, 7) is -0.159. The van der Waals surface area contributed by atoms with Crippen LogP contribution in [0.5, 0.6) is 0 Å². The van der Waals surface area contributed by atoms with E-state index in [-0.39, 0.29) is 24.4 Å². The van der Waals surface area contributed by atoms with Gasteiger partial charge >= 0.3 is 0 Å². The molecule has 3 unspecified atom stereocenters. The summed E-state index contributed by atoms with van der Waals surface area (Å²) in [6.07, 6.45) is 2.69. The second kappa shape index (κ2) is 4.90. The van der Waals surface area contributed by atoms with E-state index in [0.29, 0.717) is 6.42 Å². The SMILES string of the molecule is NC(=O)C(O)CNC(=O)C1C=CC(N)C1. The third kappa shape index (κ3) is 3.34. The molecule has 0 bridgehead atoms. The standard InChI is InChI=1S/C9H15N3O3/c10-6-2-1-5(3-6)9(15)12-4-7(13)8(11)14/h1-2,5-7,13H,3-4,10H2,(H2,11,14)(H,12,15). The molecule has 0 aromatic rings. The quantitative estimate of drug-likeness (QED) is 0.398. The van der Waals surface area contributed by atoms with Gasteiger partial charge in [-0.3, -0.25) is 9.59 Å². The zero-order valence-corrected chi connectivity index (χ0v) is 8.22. The van der Waals surface area contributed by atoms with Gasteiger partial charge in [0.05, 0.1) is 12.5 Å². The second-order valence-electron chi connectivity index (χ2n) is 3.55. The van der Waals surface area contributed by atoms with Gasteiger partial charge in [0.1, 0.15) is 6.10 Å². The topological polar surface area (TPSA) is 118 Å². The number of hydrogen-bond acceptors (Lipinski definition) is 4. The molecule has 2 amide bonds. The van der Waals surface area contributed by atoms with Crippen LogP contribution in [0.25, 0.3) is 0 Å². The number of hydrogen-bond donors (Lipinski definition) is 4. The number of amides is 2. The third-order valence-electron chi connectivity index (χ3n) is 2.25. The number of rotatable bonds is 4. The van der Waals surface area contributed by atoms with Gasteiger partial charge in [0.25, 0.3) is 0 Å². The average molecular weight is 213 g/mol. The number of aliphatic hydroxyl groups is 1. The van der Waals surface area contributed by atoms with Crippen molar-refractivity contribution in [2.75, 3.05) is 6.54 Å². The van der Waals surface area contributed by atoms with Crippen LogP contribution in [-0.2, 0) is 9.59 Å². The molecule has 0 spiro atoms. The Labute approximate surface area is 87.3 Å². The summed E-state index contributed by atoms with van der Waals surface area (Å²) in [6, 6.07) is -0.0955. The van der Waals surface area contributed by atoms with Crippen LogP contribution in [-0.4, -0.2) is 35.6 Å². The molecule has 15 heavy (non-hydrogen) atoms. The maximum absolute atomic E-state index is 11.4. The minimum Gasteiger partial charge on any atom is -0.381 e. The molecule has 0 radical (unpaired) electrons. The molecule has 1 aliphatic rings. The fourth-order valence-electron chi connectivity index (χ4n) is 1.35. The number of nitrogens with two attached hydrogens (primary N) is 2. The Morgan fingerprint density at radius 1 is 1.53 bits per heavy atom. The summed E-state index contributed by atoms with van der Waals surface area (Å²) in [7, 11) is 0. The van der Waals surface area contributed by atoms with Crippen molar-refractivity contribution >= 4 is 11.8 Å². The molecule has 0 aromatic heterocycles. The minimum atomic E-state index is -1.34. The Morgan fingerprint density at radius 2 is 2.20 bits per heavy atom. The van der Waals surface area contributed by atoms with Gasteiger partial charge in [-0.25, -0.2) is 0 Å². The molecule has 6 nitrogen and oxygen atoms in total. The minimum absolute atomic E-state index is 0.0955. The van der Waals surface area contributed by atoms with Crippen molar-refractivity contribution in [1.29, 1.82) is 0 Å². The molecule has 6 heteroatoms. The van der Waals surface area contributed by atoms with E-state index in [1.54, 1.807) is 12.2 Å². The van der Waals surface area contributed by atoms with E-state index in [2.05, 4.69) is 5.32 Å². The van der Waals surface area contributed by atoms with Crippen molar-refractivity contribution < 1.29 is 14.7 Å². The highest BCUT2D eigenvalue weighted by Gasteiger charge is 2.23. The van der Waals surface area contributed by atoms with E-state index in [9.17, 15) is 9.59 Å². The van der Waals surface area contributed by atoms with Crippen LogP contribution in [0.15, 0.2) is 12.2 Å². The van der Waals surface area contributed by atoms with Gasteiger partial charge in [-0.05, 0) is 6.42 Å². The van der Waals surface area contributed by atoms with E-state index in [1.165, 1.54) is 0 Å². The van der Waals surface area contributed by atoms with E-state index < -0.39 is 12.0 Å². The summed E-state index contributed by atoms with van der Waals surface area (Å²) in [4.78, 5) is 21.9. The number of aliphatic hydroxyl groups excluding tert-OH is 1. The summed E-state index contributed by atoms with van der Waals surface area (Å²) >= 11 is 0. The molecule has 84 valence electrons. The predicted molar refractivity (Wildman–Crippen MR) is 53.4 cm³/mol. The van der Waals surface area contributed by atoms with Crippen LogP contribution in [0.3, 0.4) is 0 Å². The van der Waals surface area contributed by atoms with Gasteiger partial charge in [-0.2, -0.15) is 0 Å². The fourth-order valence-corrected chi connectivity index (χ4v) is 1.35. The molecule has 0 saturated heterocycles. The Morgan fingerprint density at radius 3 is 2.67 bits per heavy atom. The molecule has 0 aromatic carbocycles. The molecule has 0 aliphatic heterocycles. The lowest BCUT2D eigenvalue weighted by Gasteiger charge is -2.12. The van der Waals surface area contributed by atoms with Crippen molar-refractivity contribution in [3.05, 3.63) is 12.2 Å². The van der Waals surface area contributed by atoms with Crippen molar-refractivity contribution in [3.63, 3.8) is 0 Å². The first-order valence-corrected chi connectivity index (χ1v) is 4.69. The maximum atomic E-state index is 11.4. The number of carbonyl (C=O) groups excluding carboxylic acids is 2. The lowest BCUT2D eigenvalue weighted by Crippen LogP contribution is -2.41. The first-order valence-electron chi connectivity index (χ1n) is 4.69. The van der Waals surface area contributed by atoms with E-state index in [4.69, 9.17) is 16.6 Å². The van der Waals surface area contributed by atoms with Crippen LogP contribution in [0.1, 0.15) is 6.42 Å². The van der Waals surface area contributed by atoms with E-state index in [0.717, 1.165) is 0 Å². The predicted octanol–water partition coefficient (Wildman–Crippen LogP) is -2.15. The van der Waals surface area contributed by atoms with Crippen LogP contribution >= 0.6 is 0 Å². The zero-order chi connectivity index (χ0) is 11.4. The molecule has 1 aliphatic carbocycles. The monoisotopic (exact) mass is 213 g/mol. The molecular formula is C9H15N3O3. The van der Waals surface area contributed by atoms with Gasteiger partial charge in [0.2, 0.25) is 11.8 Å². The van der Waals surface area contributed by atoms with Crippen molar-refractivity contribution in [3.8, 4) is 0 Å². The number of carbonyl (C=O) groups is 2. The summed E-state index contributed by atoms with van der Waals surface area (Å²) in [5.74, 6) is -1.38. The maximum Gasteiger partial charge on any atom is 0.248 e. The van der Waals surface area contributed by atoms with Crippen molar-refractivity contribution in [2.45, 2.75) is 18.6 Å². The van der Waals surface area contributed by atoms with Gasteiger partial charge in [0, 0.05) is 6.04 Å². The number of nitrogens with one attached hydrogen (secondary N) is 1. The van der Waals surface area contributed by atoms with Crippen LogP contribution in [0.2, 0.25) is 0 Å². The molecule has 3 atom stereocenters. The van der Waals surface area contributed by atoms with Crippen LogP contribution < -0.4 is 16.8 Å². The normalized spacial score (nSPS) is 26.3. The lowest BCUT2D eigenvalue weighted by atomic mass is 10.1. The average Bonchev–Trinajstić information content (AvgIpc) is 2.60. The largest absolute Gasteiger partial charge is 0.381 e. The zero-order valence-electron chi connectivity index (χ0n) is 8.22. The highest BCUT2D eigenvalue weighted by molar-refractivity contribution is 5.83. The van der Waals surface area contributed by atoms with Gasteiger partial charge in [-0.15, -0.1) is 0 Å².